The van der Waals surface area contributed by atoms with Crippen LogP contribution in [0.1, 0.15) is 45.1 Å². The van der Waals surface area contributed by atoms with Gasteiger partial charge in [-0.05, 0) is 49.6 Å². The number of nitrogens with zero attached hydrogens (tertiary/aromatic N) is 2. The van der Waals surface area contributed by atoms with E-state index in [4.69, 9.17) is 19.6 Å². The maximum atomic E-state index is 12.8. The molecule has 1 fully saturated rings. The number of ether oxygens (including phenoxy) is 3. The number of hydrogen-bond acceptors (Lipinski definition) is 9. The maximum Gasteiger partial charge on any atom is 0.423 e. The molecule has 2 rings (SSSR count). The number of rotatable bonds is 13. The number of sulfonamides is 1. The molecule has 1 N–H and O–H groups in total. The van der Waals surface area contributed by atoms with Gasteiger partial charge in [0, 0.05) is 38.3 Å². The van der Waals surface area contributed by atoms with Crippen molar-refractivity contribution in [2.24, 2.45) is 0 Å². The van der Waals surface area contributed by atoms with Gasteiger partial charge in [-0.1, -0.05) is 13.3 Å². The summed E-state index contributed by atoms with van der Waals surface area (Å²) in [6.07, 6.45) is 0.644. The highest BCUT2D eigenvalue weighted by atomic mass is 32.2. The average Bonchev–Trinajstić information content (AvgIpc) is 2.82. The number of benzene rings is 1. The lowest BCUT2D eigenvalue weighted by molar-refractivity contribution is -0.134. The van der Waals surface area contributed by atoms with Gasteiger partial charge in [0.15, 0.2) is 0 Å². The Morgan fingerprint density at radius 2 is 1.79 bits per heavy atom. The number of morpholine rings is 1. The Labute approximate surface area is 201 Å². The van der Waals surface area contributed by atoms with E-state index in [0.717, 1.165) is 12.0 Å². The minimum absolute atomic E-state index is 0.0437. The van der Waals surface area contributed by atoms with Crippen molar-refractivity contribution in [3.05, 3.63) is 29.8 Å². The minimum Gasteiger partial charge on any atom is -0.449 e. The predicted octanol–water partition coefficient (Wildman–Crippen LogP) is 2.66. The lowest BCUT2D eigenvalue weighted by Gasteiger charge is -2.28. The van der Waals surface area contributed by atoms with E-state index in [9.17, 15) is 18.0 Å². The Bertz CT molecular complexity index is 913. The molecule has 0 atom stereocenters. The van der Waals surface area contributed by atoms with E-state index in [0.29, 0.717) is 48.5 Å². The molecule has 1 aromatic carbocycles. The minimum atomic E-state index is -3.91. The molecule has 0 spiro atoms. The molecular weight excluding hydrogens is 462 g/mol. The van der Waals surface area contributed by atoms with E-state index in [-0.39, 0.29) is 38.3 Å². The van der Waals surface area contributed by atoms with Crippen LogP contribution in [0.2, 0.25) is 0 Å². The summed E-state index contributed by atoms with van der Waals surface area (Å²) in [7, 11) is -3.91. The number of carbonyl (C=O) groups excluding carboxylic acids is 2. The average molecular weight is 498 g/mol. The molecule has 190 valence electrons. The summed E-state index contributed by atoms with van der Waals surface area (Å²) < 4.78 is 41.8. The fraction of sp³-hybridized carbons (Fsp3) is 0.609. The zero-order valence-electron chi connectivity index (χ0n) is 20.0. The molecule has 1 aromatic rings. The molecule has 1 amide bonds. The summed E-state index contributed by atoms with van der Waals surface area (Å²) in [5, 5.41) is 7.97. The first-order valence-electron chi connectivity index (χ1n) is 11.6. The predicted molar refractivity (Wildman–Crippen MR) is 128 cm³/mol. The van der Waals surface area contributed by atoms with Crippen molar-refractivity contribution < 1.29 is 32.2 Å². The van der Waals surface area contributed by atoms with Gasteiger partial charge < -0.3 is 19.6 Å². The van der Waals surface area contributed by atoms with Crippen LogP contribution in [0, 0.1) is 5.41 Å². The van der Waals surface area contributed by atoms with Gasteiger partial charge in [-0.25, -0.2) is 17.5 Å². The third-order valence-electron chi connectivity index (χ3n) is 5.25. The second-order valence-electron chi connectivity index (χ2n) is 7.87. The molecule has 0 aromatic heterocycles. The molecule has 1 saturated heterocycles. The molecule has 10 nitrogen and oxygen atoms in total. The molecule has 1 aliphatic heterocycles. The van der Waals surface area contributed by atoms with E-state index < -0.39 is 22.1 Å². The fourth-order valence-electron chi connectivity index (χ4n) is 3.39. The van der Waals surface area contributed by atoms with Crippen LogP contribution in [-0.4, -0.2) is 87.1 Å². The van der Waals surface area contributed by atoms with Crippen LogP contribution in [-0.2, 0) is 24.3 Å². The first kappa shape index (κ1) is 27.7. The van der Waals surface area contributed by atoms with E-state index in [2.05, 4.69) is 0 Å². The van der Waals surface area contributed by atoms with E-state index in [1.807, 2.05) is 11.8 Å². The molecule has 0 saturated carbocycles. The maximum absolute atomic E-state index is 12.8. The van der Waals surface area contributed by atoms with Gasteiger partial charge in [0.05, 0.1) is 25.6 Å². The molecule has 0 radical (unpaired) electrons. The lowest BCUT2D eigenvalue weighted by Crippen LogP contribution is -2.44. The van der Waals surface area contributed by atoms with E-state index >= 15 is 0 Å². The highest BCUT2D eigenvalue weighted by Crippen LogP contribution is 2.16. The van der Waals surface area contributed by atoms with Gasteiger partial charge in [0.2, 0.25) is 10.0 Å². The fourth-order valence-corrected chi connectivity index (χ4v) is 4.78. The first-order chi connectivity index (χ1) is 16.3. The normalized spacial score (nSPS) is 14.4. The topological polar surface area (TPSA) is 126 Å². The van der Waals surface area contributed by atoms with Crippen LogP contribution in [0.5, 0.6) is 5.75 Å². The van der Waals surface area contributed by atoms with Gasteiger partial charge in [-0.15, -0.1) is 0 Å². The number of nitrogens with one attached hydrogen (secondary N) is 1. The van der Waals surface area contributed by atoms with Crippen molar-refractivity contribution in [3.63, 3.8) is 0 Å². The third-order valence-corrected chi connectivity index (χ3v) is 6.95. The Morgan fingerprint density at radius 3 is 2.41 bits per heavy atom. The molecule has 0 aliphatic carbocycles. The molecule has 34 heavy (non-hydrogen) atoms. The summed E-state index contributed by atoms with van der Waals surface area (Å²) in [4.78, 5) is 26.5. The summed E-state index contributed by atoms with van der Waals surface area (Å²) in [5.41, 5.74) is 1.29. The second kappa shape index (κ2) is 14.0. The van der Waals surface area contributed by atoms with Crippen molar-refractivity contribution in [2.75, 3.05) is 51.8 Å². The van der Waals surface area contributed by atoms with E-state index in [1.165, 1.54) is 0 Å². The van der Waals surface area contributed by atoms with Crippen molar-refractivity contribution in [1.82, 2.24) is 9.21 Å². The largest absolute Gasteiger partial charge is 0.449 e. The van der Waals surface area contributed by atoms with Gasteiger partial charge in [0.1, 0.15) is 5.75 Å². The summed E-state index contributed by atoms with van der Waals surface area (Å²) in [6, 6.07) is 6.70. The highest BCUT2D eigenvalue weighted by Gasteiger charge is 2.29. The van der Waals surface area contributed by atoms with Crippen LogP contribution in [0.25, 0.3) is 0 Å². The third kappa shape index (κ3) is 9.03. The quantitative estimate of drug-likeness (QED) is 0.250. The first-order valence-corrected chi connectivity index (χ1v) is 13.2. The zero-order valence-corrected chi connectivity index (χ0v) is 20.8. The number of carbonyl (C=O) groups is 2. The number of esters is 1. The summed E-state index contributed by atoms with van der Waals surface area (Å²) in [6.45, 7) is 6.14. The van der Waals surface area contributed by atoms with E-state index in [1.54, 1.807) is 31.2 Å². The summed E-state index contributed by atoms with van der Waals surface area (Å²) in [5.74, 6) is -0.417. The Morgan fingerprint density at radius 1 is 1.12 bits per heavy atom. The van der Waals surface area contributed by atoms with Crippen LogP contribution in [0.3, 0.4) is 0 Å². The molecule has 1 heterocycles. The highest BCUT2D eigenvalue weighted by molar-refractivity contribution is 7.89. The van der Waals surface area contributed by atoms with Crippen molar-refractivity contribution in [2.45, 2.75) is 39.5 Å². The van der Waals surface area contributed by atoms with Gasteiger partial charge in [-0.3, -0.25) is 9.69 Å². The van der Waals surface area contributed by atoms with Gasteiger partial charge in [0.25, 0.3) is 0 Å². The Balaban J connectivity index is 1.88. The van der Waals surface area contributed by atoms with Crippen molar-refractivity contribution in [1.29, 1.82) is 5.41 Å². The SMILES string of the molecule is CCCC(=N)c1ccc(OC(=O)CCCN(C(=O)OCC)S(=O)(=O)CCN2CCOCC2)cc1. The van der Waals surface area contributed by atoms with Gasteiger partial charge >= 0.3 is 12.1 Å². The van der Waals surface area contributed by atoms with Crippen LogP contribution in [0.4, 0.5) is 4.79 Å². The van der Waals surface area contributed by atoms with Crippen LogP contribution in [0.15, 0.2) is 24.3 Å². The molecule has 0 unspecified atom stereocenters. The molecule has 0 bridgehead atoms. The molecule has 1 aliphatic rings. The molecular formula is C23H35N3O7S. The Hall–Kier alpha value is -2.50. The number of hydrogen-bond donors (Lipinski definition) is 1. The Kier molecular flexibility index (Phi) is 11.4. The molecule has 11 heteroatoms. The second-order valence-corrected chi connectivity index (χ2v) is 9.88. The summed E-state index contributed by atoms with van der Waals surface area (Å²) >= 11 is 0. The van der Waals surface area contributed by atoms with Crippen molar-refractivity contribution in [3.8, 4) is 5.75 Å². The van der Waals surface area contributed by atoms with Gasteiger partial charge in [-0.2, -0.15) is 0 Å². The lowest BCUT2D eigenvalue weighted by atomic mass is 10.1. The zero-order chi connectivity index (χ0) is 25.0. The van der Waals surface area contributed by atoms with Crippen LogP contribution >= 0.6 is 0 Å². The standard InChI is InChI=1S/C23H35N3O7S/c1-3-6-21(24)19-8-10-20(11-9-19)33-22(27)7-5-12-26(23(28)32-4-2)34(29,30)18-15-25-13-16-31-17-14-25/h8-11,24H,3-7,12-18H2,1-2H3. The van der Waals surface area contributed by atoms with Crippen molar-refractivity contribution >= 4 is 27.8 Å². The monoisotopic (exact) mass is 497 g/mol. The smallest absolute Gasteiger partial charge is 0.423 e. The van der Waals surface area contributed by atoms with Crippen LogP contribution < -0.4 is 4.74 Å². The number of amides is 1.